The summed E-state index contributed by atoms with van der Waals surface area (Å²) in [6.07, 6.45) is 0.689. The fourth-order valence-electron chi connectivity index (χ4n) is 2.63. The SMILES string of the molecule is COc1ccc(Nc2cc(F)nc(F)c2)nc1C(=O)NC1(C)CCOC1. The maximum atomic E-state index is 13.2. The van der Waals surface area contributed by atoms with Crippen molar-refractivity contribution >= 4 is 17.4 Å². The van der Waals surface area contributed by atoms with Gasteiger partial charge in [0.1, 0.15) is 11.6 Å². The van der Waals surface area contributed by atoms with E-state index in [0.29, 0.717) is 19.6 Å². The van der Waals surface area contributed by atoms with Crippen LogP contribution in [0.1, 0.15) is 23.8 Å². The van der Waals surface area contributed by atoms with Gasteiger partial charge in [-0.25, -0.2) is 4.98 Å². The first-order valence-electron chi connectivity index (χ1n) is 7.94. The number of hydrogen-bond donors (Lipinski definition) is 2. The number of amides is 1. The molecule has 7 nitrogen and oxygen atoms in total. The number of anilines is 2. The van der Waals surface area contributed by atoms with Gasteiger partial charge in [-0.05, 0) is 25.5 Å². The minimum Gasteiger partial charge on any atom is -0.494 e. The molecule has 1 amide bonds. The molecule has 2 aromatic heterocycles. The highest BCUT2D eigenvalue weighted by Gasteiger charge is 2.32. The van der Waals surface area contributed by atoms with Crippen LogP contribution in [0.3, 0.4) is 0 Å². The number of nitrogens with zero attached hydrogens (tertiary/aromatic N) is 2. The Morgan fingerprint density at radius 1 is 1.27 bits per heavy atom. The van der Waals surface area contributed by atoms with Crippen molar-refractivity contribution in [3.63, 3.8) is 0 Å². The zero-order valence-corrected chi connectivity index (χ0v) is 14.3. The van der Waals surface area contributed by atoms with E-state index in [1.807, 2.05) is 6.92 Å². The van der Waals surface area contributed by atoms with Gasteiger partial charge in [0.05, 0.1) is 19.3 Å². The average Bonchev–Trinajstić information content (AvgIpc) is 3.00. The van der Waals surface area contributed by atoms with Crippen LogP contribution in [0.5, 0.6) is 5.75 Å². The van der Waals surface area contributed by atoms with Crippen LogP contribution in [-0.4, -0.2) is 41.7 Å². The molecule has 2 N–H and O–H groups in total. The molecule has 138 valence electrons. The maximum Gasteiger partial charge on any atom is 0.274 e. The van der Waals surface area contributed by atoms with Crippen LogP contribution in [0.25, 0.3) is 0 Å². The average molecular weight is 364 g/mol. The molecule has 2 aromatic rings. The van der Waals surface area contributed by atoms with Gasteiger partial charge in [0.25, 0.3) is 5.91 Å². The summed E-state index contributed by atoms with van der Waals surface area (Å²) in [4.78, 5) is 19.9. The molecule has 0 aliphatic carbocycles. The number of ether oxygens (including phenoxy) is 2. The highest BCUT2D eigenvalue weighted by molar-refractivity contribution is 5.96. The Kier molecular flexibility index (Phi) is 4.99. The van der Waals surface area contributed by atoms with Crippen molar-refractivity contribution in [3.8, 4) is 5.75 Å². The lowest BCUT2D eigenvalue weighted by molar-refractivity contribution is 0.0881. The van der Waals surface area contributed by atoms with Gasteiger partial charge in [0, 0.05) is 24.4 Å². The van der Waals surface area contributed by atoms with Gasteiger partial charge in [-0.2, -0.15) is 13.8 Å². The van der Waals surface area contributed by atoms with Crippen LogP contribution < -0.4 is 15.4 Å². The number of carbonyl (C=O) groups excluding carboxylic acids is 1. The van der Waals surface area contributed by atoms with Crippen molar-refractivity contribution in [1.29, 1.82) is 0 Å². The van der Waals surface area contributed by atoms with E-state index in [2.05, 4.69) is 20.6 Å². The molecule has 1 atom stereocenters. The van der Waals surface area contributed by atoms with Gasteiger partial charge in [0.2, 0.25) is 11.9 Å². The number of pyridine rings is 2. The third-order valence-corrected chi connectivity index (χ3v) is 3.96. The summed E-state index contributed by atoms with van der Waals surface area (Å²) in [6, 6.07) is 5.12. The van der Waals surface area contributed by atoms with Crippen molar-refractivity contribution in [2.45, 2.75) is 18.9 Å². The van der Waals surface area contributed by atoms with Crippen molar-refractivity contribution in [1.82, 2.24) is 15.3 Å². The molecule has 26 heavy (non-hydrogen) atoms. The van der Waals surface area contributed by atoms with Gasteiger partial charge >= 0.3 is 0 Å². The van der Waals surface area contributed by atoms with Crippen LogP contribution in [0.2, 0.25) is 0 Å². The molecule has 1 aliphatic heterocycles. The largest absolute Gasteiger partial charge is 0.494 e. The quantitative estimate of drug-likeness (QED) is 0.793. The summed E-state index contributed by atoms with van der Waals surface area (Å²) < 4.78 is 37.0. The molecule has 0 saturated carbocycles. The van der Waals surface area contributed by atoms with Gasteiger partial charge < -0.3 is 20.1 Å². The monoisotopic (exact) mass is 364 g/mol. The predicted molar refractivity (Wildman–Crippen MR) is 89.5 cm³/mol. The van der Waals surface area contributed by atoms with Crippen LogP contribution in [0.15, 0.2) is 24.3 Å². The molecule has 1 saturated heterocycles. The second-order valence-electron chi connectivity index (χ2n) is 6.19. The highest BCUT2D eigenvalue weighted by Crippen LogP contribution is 2.24. The second-order valence-corrected chi connectivity index (χ2v) is 6.19. The number of rotatable bonds is 5. The predicted octanol–water partition coefficient (Wildman–Crippen LogP) is 2.42. The Labute approximate surface area is 148 Å². The summed E-state index contributed by atoms with van der Waals surface area (Å²) in [5.41, 5.74) is -0.305. The number of halogens is 2. The summed E-state index contributed by atoms with van der Waals surface area (Å²) in [5, 5.41) is 5.64. The molecule has 0 spiro atoms. The molecule has 3 rings (SSSR count). The maximum absolute atomic E-state index is 13.2. The normalized spacial score (nSPS) is 19.2. The number of hydrogen-bond acceptors (Lipinski definition) is 6. The Morgan fingerprint density at radius 2 is 2.00 bits per heavy atom. The Hall–Kier alpha value is -2.81. The highest BCUT2D eigenvalue weighted by atomic mass is 19.1. The van der Waals surface area contributed by atoms with Gasteiger partial charge in [-0.1, -0.05) is 0 Å². The number of carbonyl (C=O) groups is 1. The van der Waals surface area contributed by atoms with Crippen LogP contribution in [-0.2, 0) is 4.74 Å². The molecule has 0 bridgehead atoms. The third-order valence-electron chi connectivity index (χ3n) is 3.96. The minimum absolute atomic E-state index is 0.0561. The lowest BCUT2D eigenvalue weighted by atomic mass is 10.0. The number of aromatic nitrogens is 2. The van der Waals surface area contributed by atoms with E-state index in [9.17, 15) is 13.6 Å². The smallest absolute Gasteiger partial charge is 0.274 e. The zero-order chi connectivity index (χ0) is 18.7. The first-order chi connectivity index (χ1) is 12.4. The Bertz CT molecular complexity index is 805. The van der Waals surface area contributed by atoms with Crippen molar-refractivity contribution < 1.29 is 23.0 Å². The Balaban J connectivity index is 1.85. The van der Waals surface area contributed by atoms with E-state index in [4.69, 9.17) is 9.47 Å². The summed E-state index contributed by atoms with van der Waals surface area (Å²) in [7, 11) is 1.43. The summed E-state index contributed by atoms with van der Waals surface area (Å²) >= 11 is 0. The van der Waals surface area contributed by atoms with Crippen molar-refractivity contribution in [3.05, 3.63) is 41.9 Å². The van der Waals surface area contributed by atoms with E-state index < -0.39 is 23.3 Å². The topological polar surface area (TPSA) is 85.4 Å². The van der Waals surface area contributed by atoms with Gasteiger partial charge in [-0.15, -0.1) is 0 Å². The molecule has 1 aliphatic rings. The molecule has 1 unspecified atom stereocenters. The zero-order valence-electron chi connectivity index (χ0n) is 14.3. The first-order valence-corrected chi connectivity index (χ1v) is 7.94. The summed E-state index contributed by atoms with van der Waals surface area (Å²) in [5.74, 6) is -1.84. The van der Waals surface area contributed by atoms with Crippen LogP contribution in [0, 0.1) is 11.9 Å². The molecule has 1 fully saturated rings. The van der Waals surface area contributed by atoms with E-state index >= 15 is 0 Å². The molecule has 0 aromatic carbocycles. The molecule has 3 heterocycles. The van der Waals surface area contributed by atoms with Crippen molar-refractivity contribution in [2.75, 3.05) is 25.6 Å². The molecular weight excluding hydrogens is 346 g/mol. The molecule has 9 heteroatoms. The van der Waals surface area contributed by atoms with E-state index in [0.717, 1.165) is 12.1 Å². The van der Waals surface area contributed by atoms with E-state index in [1.165, 1.54) is 13.2 Å². The van der Waals surface area contributed by atoms with Gasteiger partial charge in [-0.3, -0.25) is 4.79 Å². The Morgan fingerprint density at radius 3 is 2.62 bits per heavy atom. The molecule has 0 radical (unpaired) electrons. The van der Waals surface area contributed by atoms with Crippen molar-refractivity contribution in [2.24, 2.45) is 0 Å². The van der Waals surface area contributed by atoms with Crippen LogP contribution in [0.4, 0.5) is 20.3 Å². The lowest BCUT2D eigenvalue weighted by Gasteiger charge is -2.23. The molecular formula is C17H18F2N4O3. The first kappa shape index (κ1) is 18.0. The fourth-order valence-corrected chi connectivity index (χ4v) is 2.63. The second kappa shape index (κ2) is 7.20. The minimum atomic E-state index is -0.965. The lowest BCUT2D eigenvalue weighted by Crippen LogP contribution is -2.46. The number of methoxy groups -OCH3 is 1. The summed E-state index contributed by atoms with van der Waals surface area (Å²) in [6.45, 7) is 2.87. The number of nitrogens with one attached hydrogen (secondary N) is 2. The van der Waals surface area contributed by atoms with Crippen LogP contribution >= 0.6 is 0 Å². The fraction of sp³-hybridized carbons (Fsp3) is 0.353. The third kappa shape index (κ3) is 4.05. The van der Waals surface area contributed by atoms with E-state index in [-0.39, 0.29) is 22.9 Å². The standard InChI is InChI=1S/C17H18F2N4O3/c1-17(5-6-26-9-17)23-16(24)15-11(25-2)3-4-14(22-15)20-10-7-12(18)21-13(19)8-10/h3-4,7-8H,5-6,9H2,1-2H3,(H,23,24)(H,20,21,22). The van der Waals surface area contributed by atoms with E-state index in [1.54, 1.807) is 6.07 Å². The van der Waals surface area contributed by atoms with Gasteiger partial charge in [0.15, 0.2) is 5.69 Å².